The van der Waals surface area contributed by atoms with Gasteiger partial charge in [-0.2, -0.15) is 17.4 Å². The number of hydrogen-bond acceptors (Lipinski definition) is 3. The molecule has 118 valence electrons. The highest BCUT2D eigenvalue weighted by Gasteiger charge is 2.28. The SMILES string of the molecule is CCC(CC)C(=O)N1CCC(NS(=O)(=O)N(C)C)CC1. The fourth-order valence-electron chi connectivity index (χ4n) is 2.43. The van der Waals surface area contributed by atoms with E-state index in [9.17, 15) is 13.2 Å². The van der Waals surface area contributed by atoms with Crippen molar-refractivity contribution in [3.63, 3.8) is 0 Å². The molecule has 1 N–H and O–H groups in total. The molecule has 0 bridgehead atoms. The van der Waals surface area contributed by atoms with Crippen LogP contribution in [0.3, 0.4) is 0 Å². The Morgan fingerprint density at radius 1 is 1.25 bits per heavy atom. The first-order valence-corrected chi connectivity index (χ1v) is 8.74. The van der Waals surface area contributed by atoms with Crippen molar-refractivity contribution in [1.82, 2.24) is 13.9 Å². The minimum atomic E-state index is -3.38. The van der Waals surface area contributed by atoms with Crippen LogP contribution in [0.4, 0.5) is 0 Å². The highest BCUT2D eigenvalue weighted by molar-refractivity contribution is 7.87. The van der Waals surface area contributed by atoms with Gasteiger partial charge in [0.25, 0.3) is 10.2 Å². The van der Waals surface area contributed by atoms with Gasteiger partial charge >= 0.3 is 0 Å². The van der Waals surface area contributed by atoms with E-state index < -0.39 is 10.2 Å². The van der Waals surface area contributed by atoms with E-state index in [0.29, 0.717) is 25.9 Å². The third kappa shape index (κ3) is 4.43. The van der Waals surface area contributed by atoms with Gasteiger partial charge in [-0.15, -0.1) is 0 Å². The normalized spacial score (nSPS) is 18.0. The van der Waals surface area contributed by atoms with E-state index in [1.807, 2.05) is 18.7 Å². The number of carbonyl (C=O) groups is 1. The Morgan fingerprint density at radius 3 is 2.15 bits per heavy atom. The lowest BCUT2D eigenvalue weighted by Gasteiger charge is -2.34. The fraction of sp³-hybridized carbons (Fsp3) is 0.923. The van der Waals surface area contributed by atoms with E-state index in [4.69, 9.17) is 0 Å². The predicted molar refractivity (Wildman–Crippen MR) is 79.4 cm³/mol. The first-order valence-electron chi connectivity index (χ1n) is 7.30. The topological polar surface area (TPSA) is 69.7 Å². The zero-order valence-electron chi connectivity index (χ0n) is 12.9. The lowest BCUT2D eigenvalue weighted by molar-refractivity contribution is -0.136. The number of piperidine rings is 1. The number of rotatable bonds is 6. The Hall–Kier alpha value is -0.660. The quantitative estimate of drug-likeness (QED) is 0.789. The molecule has 0 unspecified atom stereocenters. The van der Waals surface area contributed by atoms with Crippen LogP contribution in [-0.2, 0) is 15.0 Å². The number of likely N-dealkylation sites (tertiary alicyclic amines) is 1. The molecule has 0 spiro atoms. The Kier molecular flexibility index (Phi) is 6.42. The van der Waals surface area contributed by atoms with Gasteiger partial charge in [0.2, 0.25) is 5.91 Å². The van der Waals surface area contributed by atoms with Crippen LogP contribution in [0.25, 0.3) is 0 Å². The van der Waals surface area contributed by atoms with Crippen LogP contribution < -0.4 is 4.72 Å². The molecule has 0 aromatic rings. The maximum Gasteiger partial charge on any atom is 0.279 e. The van der Waals surface area contributed by atoms with Crippen molar-refractivity contribution in [2.24, 2.45) is 5.92 Å². The third-order valence-electron chi connectivity index (χ3n) is 3.94. The van der Waals surface area contributed by atoms with Gasteiger partial charge in [0.1, 0.15) is 0 Å². The summed E-state index contributed by atoms with van der Waals surface area (Å²) in [6.07, 6.45) is 3.09. The van der Waals surface area contributed by atoms with Crippen LogP contribution in [0.15, 0.2) is 0 Å². The molecule has 1 rings (SSSR count). The van der Waals surface area contributed by atoms with E-state index in [0.717, 1.165) is 12.8 Å². The van der Waals surface area contributed by atoms with Crippen LogP contribution in [0, 0.1) is 5.92 Å². The highest BCUT2D eigenvalue weighted by Crippen LogP contribution is 2.17. The number of amides is 1. The van der Waals surface area contributed by atoms with Gasteiger partial charge in [-0.3, -0.25) is 4.79 Å². The Bertz CT molecular complexity index is 411. The number of carbonyl (C=O) groups excluding carboxylic acids is 1. The first-order chi connectivity index (χ1) is 9.31. The minimum absolute atomic E-state index is 0.0758. The van der Waals surface area contributed by atoms with Crippen LogP contribution in [-0.4, -0.2) is 56.8 Å². The van der Waals surface area contributed by atoms with E-state index >= 15 is 0 Å². The van der Waals surface area contributed by atoms with Crippen molar-refractivity contribution in [1.29, 1.82) is 0 Å². The molecule has 6 nitrogen and oxygen atoms in total. The largest absolute Gasteiger partial charge is 0.342 e. The summed E-state index contributed by atoms with van der Waals surface area (Å²) in [5, 5.41) is 0. The molecular formula is C13H27N3O3S. The number of hydrogen-bond donors (Lipinski definition) is 1. The molecule has 0 aliphatic carbocycles. The second-order valence-corrected chi connectivity index (χ2v) is 7.43. The van der Waals surface area contributed by atoms with Crippen LogP contribution in [0.5, 0.6) is 0 Å². The molecule has 1 aliphatic rings. The first kappa shape index (κ1) is 17.4. The second kappa shape index (κ2) is 7.38. The minimum Gasteiger partial charge on any atom is -0.342 e. The maximum atomic E-state index is 12.2. The van der Waals surface area contributed by atoms with E-state index in [-0.39, 0.29) is 17.9 Å². The smallest absolute Gasteiger partial charge is 0.279 e. The van der Waals surface area contributed by atoms with Gasteiger partial charge in [-0.05, 0) is 25.7 Å². The molecule has 1 heterocycles. The summed E-state index contributed by atoms with van der Waals surface area (Å²) >= 11 is 0. The Balaban J connectivity index is 2.50. The highest BCUT2D eigenvalue weighted by atomic mass is 32.2. The summed E-state index contributed by atoms with van der Waals surface area (Å²) in [4.78, 5) is 14.1. The number of nitrogens with one attached hydrogen (secondary N) is 1. The summed E-state index contributed by atoms with van der Waals surface area (Å²) in [6.45, 7) is 5.33. The second-order valence-electron chi connectivity index (χ2n) is 5.52. The van der Waals surface area contributed by atoms with Gasteiger partial charge in [0.15, 0.2) is 0 Å². The fourth-order valence-corrected chi connectivity index (χ4v) is 3.30. The zero-order chi connectivity index (χ0) is 15.3. The van der Waals surface area contributed by atoms with Crippen molar-refractivity contribution >= 4 is 16.1 Å². The molecule has 1 aliphatic heterocycles. The van der Waals surface area contributed by atoms with E-state index in [1.54, 1.807) is 0 Å². The molecule has 0 radical (unpaired) electrons. The molecule has 20 heavy (non-hydrogen) atoms. The average molecular weight is 305 g/mol. The monoisotopic (exact) mass is 305 g/mol. The summed E-state index contributed by atoms with van der Waals surface area (Å²) in [7, 11) is -0.365. The molecule has 0 atom stereocenters. The Morgan fingerprint density at radius 2 is 1.75 bits per heavy atom. The van der Waals surface area contributed by atoms with Crippen molar-refractivity contribution in [2.75, 3.05) is 27.2 Å². The van der Waals surface area contributed by atoms with Crippen molar-refractivity contribution in [3.05, 3.63) is 0 Å². The average Bonchev–Trinajstić information content (AvgIpc) is 2.40. The molecule has 1 amide bonds. The van der Waals surface area contributed by atoms with Crippen molar-refractivity contribution < 1.29 is 13.2 Å². The third-order valence-corrected chi connectivity index (χ3v) is 5.53. The Labute approximate surface area is 122 Å². The standard InChI is InChI=1S/C13H27N3O3S/c1-5-11(6-2)13(17)16-9-7-12(8-10-16)14-20(18,19)15(3)4/h11-12,14H,5-10H2,1-4H3. The van der Waals surface area contributed by atoms with E-state index in [2.05, 4.69) is 4.72 Å². The molecule has 1 saturated heterocycles. The van der Waals surface area contributed by atoms with Gasteiger partial charge in [0, 0.05) is 39.1 Å². The molecular weight excluding hydrogens is 278 g/mol. The molecule has 0 saturated carbocycles. The summed E-state index contributed by atoms with van der Waals surface area (Å²) in [5.41, 5.74) is 0. The van der Waals surface area contributed by atoms with Crippen molar-refractivity contribution in [2.45, 2.75) is 45.6 Å². The number of nitrogens with zero attached hydrogens (tertiary/aromatic N) is 2. The van der Waals surface area contributed by atoms with Gasteiger partial charge in [-0.25, -0.2) is 0 Å². The lowest BCUT2D eigenvalue weighted by Crippen LogP contribution is -2.50. The summed E-state index contributed by atoms with van der Waals surface area (Å²) in [6, 6.07) is -0.0758. The molecule has 0 aromatic carbocycles. The van der Waals surface area contributed by atoms with Crippen molar-refractivity contribution in [3.8, 4) is 0 Å². The predicted octanol–water partition coefficient (Wildman–Crippen LogP) is 0.810. The zero-order valence-corrected chi connectivity index (χ0v) is 13.7. The van der Waals surface area contributed by atoms with Crippen LogP contribution in [0.2, 0.25) is 0 Å². The maximum absolute atomic E-state index is 12.2. The lowest BCUT2D eigenvalue weighted by atomic mass is 9.99. The van der Waals surface area contributed by atoms with Gasteiger partial charge in [0.05, 0.1) is 0 Å². The van der Waals surface area contributed by atoms with Crippen LogP contribution in [0.1, 0.15) is 39.5 Å². The molecule has 0 aromatic heterocycles. The van der Waals surface area contributed by atoms with Crippen LogP contribution >= 0.6 is 0 Å². The molecule has 1 fully saturated rings. The van der Waals surface area contributed by atoms with Gasteiger partial charge in [-0.1, -0.05) is 13.8 Å². The van der Waals surface area contributed by atoms with Gasteiger partial charge < -0.3 is 4.90 Å². The summed E-state index contributed by atoms with van der Waals surface area (Å²) in [5.74, 6) is 0.314. The summed E-state index contributed by atoms with van der Waals surface area (Å²) < 4.78 is 27.3. The molecule has 7 heteroatoms. The van der Waals surface area contributed by atoms with E-state index in [1.165, 1.54) is 18.4 Å².